The molecule has 1 nitrogen and oxygen atoms in total. The molecule has 0 aliphatic heterocycles. The van der Waals surface area contributed by atoms with Crippen molar-refractivity contribution in [3.8, 4) is 0 Å². The van der Waals surface area contributed by atoms with Gasteiger partial charge in [-0.25, -0.2) is 0 Å². The van der Waals surface area contributed by atoms with E-state index in [1.165, 1.54) is 105 Å². The highest BCUT2D eigenvalue weighted by molar-refractivity contribution is 6.22. The van der Waals surface area contributed by atoms with Gasteiger partial charge < -0.3 is 4.90 Å². The van der Waals surface area contributed by atoms with Crippen LogP contribution in [0.1, 0.15) is 80.9 Å². The largest absolute Gasteiger partial charge is 0.310 e. The van der Waals surface area contributed by atoms with Crippen molar-refractivity contribution in [3.63, 3.8) is 0 Å². The summed E-state index contributed by atoms with van der Waals surface area (Å²) >= 11 is 0. The molecule has 1 aliphatic rings. The summed E-state index contributed by atoms with van der Waals surface area (Å²) in [7, 11) is 0. The van der Waals surface area contributed by atoms with Gasteiger partial charge in [-0.05, 0) is 106 Å². The first kappa shape index (κ1) is 26.8. The SMILES string of the molecule is Cc1cc2c3ccccc3c(N(c3ccc(C(C)C)cc3)c3ccc(C4CCCCCC4)cc3)cc2c2ccccc12. The summed E-state index contributed by atoms with van der Waals surface area (Å²) in [5.41, 5.74) is 7.83. The highest BCUT2D eigenvalue weighted by atomic mass is 15.1. The molecule has 0 unspecified atom stereocenters. The molecule has 7 rings (SSSR count). The molecule has 1 saturated carbocycles. The van der Waals surface area contributed by atoms with Gasteiger partial charge in [0.05, 0.1) is 5.69 Å². The Labute approximate surface area is 250 Å². The van der Waals surface area contributed by atoms with Gasteiger partial charge in [0.15, 0.2) is 0 Å². The molecule has 0 radical (unpaired) electrons. The van der Waals surface area contributed by atoms with Gasteiger partial charge in [-0.3, -0.25) is 0 Å². The summed E-state index contributed by atoms with van der Waals surface area (Å²) in [6.07, 6.45) is 8.13. The number of fused-ring (bicyclic) bond motifs is 5. The lowest BCUT2D eigenvalue weighted by Gasteiger charge is -2.29. The zero-order valence-electron chi connectivity index (χ0n) is 25.2. The molecular formula is C41H41N. The molecule has 0 N–H and O–H groups in total. The van der Waals surface area contributed by atoms with Crippen molar-refractivity contribution >= 4 is 49.4 Å². The van der Waals surface area contributed by atoms with E-state index in [2.05, 4.69) is 135 Å². The minimum Gasteiger partial charge on any atom is -0.310 e. The molecule has 42 heavy (non-hydrogen) atoms. The van der Waals surface area contributed by atoms with Gasteiger partial charge in [0.25, 0.3) is 0 Å². The number of hydrogen-bond donors (Lipinski definition) is 0. The molecule has 210 valence electrons. The third-order valence-electron chi connectivity index (χ3n) is 9.60. The quantitative estimate of drug-likeness (QED) is 0.153. The first-order valence-corrected chi connectivity index (χ1v) is 15.9. The lowest BCUT2D eigenvalue weighted by molar-refractivity contribution is 0.592. The van der Waals surface area contributed by atoms with E-state index in [1.54, 1.807) is 0 Å². The van der Waals surface area contributed by atoms with Crippen LogP contribution in [0.15, 0.2) is 109 Å². The summed E-state index contributed by atoms with van der Waals surface area (Å²) in [4.78, 5) is 2.48. The Morgan fingerprint density at radius 2 is 1.07 bits per heavy atom. The number of aryl methyl sites for hydroxylation is 1. The molecule has 0 bridgehead atoms. The number of benzene rings is 6. The summed E-state index contributed by atoms with van der Waals surface area (Å²) in [6.45, 7) is 6.77. The van der Waals surface area contributed by atoms with Gasteiger partial charge in [-0.2, -0.15) is 0 Å². The van der Waals surface area contributed by atoms with E-state index in [0.29, 0.717) is 11.8 Å². The Balaban J connectivity index is 1.46. The van der Waals surface area contributed by atoms with Crippen molar-refractivity contribution in [2.24, 2.45) is 0 Å². The summed E-state index contributed by atoms with van der Waals surface area (Å²) in [6, 6.07) is 41.4. The zero-order valence-corrected chi connectivity index (χ0v) is 25.2. The Morgan fingerprint density at radius 3 is 1.69 bits per heavy atom. The molecule has 1 heteroatoms. The molecule has 0 saturated heterocycles. The monoisotopic (exact) mass is 547 g/mol. The maximum absolute atomic E-state index is 2.48. The fourth-order valence-electron chi connectivity index (χ4n) is 7.24. The molecular weight excluding hydrogens is 506 g/mol. The van der Waals surface area contributed by atoms with Gasteiger partial charge in [0.2, 0.25) is 0 Å². The van der Waals surface area contributed by atoms with Crippen LogP contribution in [0.4, 0.5) is 17.1 Å². The number of nitrogens with zero attached hydrogens (tertiary/aromatic N) is 1. The predicted octanol–water partition coefficient (Wildman–Crippen LogP) is 12.5. The van der Waals surface area contributed by atoms with Crippen LogP contribution in [0.5, 0.6) is 0 Å². The molecule has 0 amide bonds. The number of rotatable bonds is 5. The summed E-state index contributed by atoms with van der Waals surface area (Å²) in [5, 5.41) is 7.86. The lowest BCUT2D eigenvalue weighted by atomic mass is 9.91. The predicted molar refractivity (Wildman–Crippen MR) is 183 cm³/mol. The van der Waals surface area contributed by atoms with Crippen LogP contribution in [-0.4, -0.2) is 0 Å². The smallest absolute Gasteiger partial charge is 0.0546 e. The van der Waals surface area contributed by atoms with Gasteiger partial charge in [0.1, 0.15) is 0 Å². The van der Waals surface area contributed by atoms with E-state index in [1.807, 2.05) is 0 Å². The molecule has 0 heterocycles. The van der Waals surface area contributed by atoms with E-state index in [4.69, 9.17) is 0 Å². The van der Waals surface area contributed by atoms with E-state index in [-0.39, 0.29) is 0 Å². The van der Waals surface area contributed by atoms with Crippen LogP contribution in [0.3, 0.4) is 0 Å². The van der Waals surface area contributed by atoms with Crippen molar-refractivity contribution in [3.05, 3.63) is 126 Å². The van der Waals surface area contributed by atoms with Crippen LogP contribution < -0.4 is 4.90 Å². The highest BCUT2D eigenvalue weighted by Gasteiger charge is 2.20. The Morgan fingerprint density at radius 1 is 0.548 bits per heavy atom. The maximum atomic E-state index is 2.48. The molecule has 1 aliphatic carbocycles. The van der Waals surface area contributed by atoms with Crippen molar-refractivity contribution in [1.29, 1.82) is 0 Å². The summed E-state index contributed by atoms with van der Waals surface area (Å²) < 4.78 is 0. The van der Waals surface area contributed by atoms with Crippen LogP contribution in [0.2, 0.25) is 0 Å². The Kier molecular flexibility index (Phi) is 7.20. The normalized spacial score (nSPS) is 14.6. The molecule has 0 spiro atoms. The summed E-state index contributed by atoms with van der Waals surface area (Å²) in [5.74, 6) is 1.19. The average Bonchev–Trinajstić information content (AvgIpc) is 3.32. The fourth-order valence-corrected chi connectivity index (χ4v) is 7.24. The fraction of sp³-hybridized carbons (Fsp3) is 0.268. The minimum absolute atomic E-state index is 0.502. The first-order valence-electron chi connectivity index (χ1n) is 15.9. The van der Waals surface area contributed by atoms with Crippen molar-refractivity contribution < 1.29 is 0 Å². The van der Waals surface area contributed by atoms with E-state index in [0.717, 1.165) is 0 Å². The Bertz CT molecular complexity index is 1850. The van der Waals surface area contributed by atoms with Gasteiger partial charge >= 0.3 is 0 Å². The van der Waals surface area contributed by atoms with E-state index >= 15 is 0 Å². The maximum Gasteiger partial charge on any atom is 0.0546 e. The van der Waals surface area contributed by atoms with Crippen molar-refractivity contribution in [1.82, 2.24) is 0 Å². The second-order valence-electron chi connectivity index (χ2n) is 12.6. The lowest BCUT2D eigenvalue weighted by Crippen LogP contribution is -2.11. The molecule has 1 fully saturated rings. The highest BCUT2D eigenvalue weighted by Crippen LogP contribution is 2.44. The molecule has 0 atom stereocenters. The van der Waals surface area contributed by atoms with Gasteiger partial charge in [-0.1, -0.05) is 118 Å². The minimum atomic E-state index is 0.502. The first-order chi connectivity index (χ1) is 20.6. The van der Waals surface area contributed by atoms with Crippen LogP contribution in [-0.2, 0) is 0 Å². The van der Waals surface area contributed by atoms with Crippen LogP contribution in [0, 0.1) is 6.92 Å². The molecule has 6 aromatic carbocycles. The van der Waals surface area contributed by atoms with Gasteiger partial charge in [0, 0.05) is 16.8 Å². The van der Waals surface area contributed by atoms with Gasteiger partial charge in [-0.15, -0.1) is 0 Å². The zero-order chi connectivity index (χ0) is 28.6. The third kappa shape index (κ3) is 4.86. The Hall–Kier alpha value is -4.10. The van der Waals surface area contributed by atoms with Crippen LogP contribution >= 0.6 is 0 Å². The van der Waals surface area contributed by atoms with Crippen molar-refractivity contribution in [2.45, 2.75) is 71.1 Å². The topological polar surface area (TPSA) is 3.24 Å². The van der Waals surface area contributed by atoms with E-state index in [9.17, 15) is 0 Å². The molecule has 6 aromatic rings. The molecule has 0 aromatic heterocycles. The second kappa shape index (κ2) is 11.3. The third-order valence-corrected chi connectivity index (χ3v) is 9.60. The average molecular weight is 548 g/mol. The van der Waals surface area contributed by atoms with Crippen LogP contribution in [0.25, 0.3) is 32.3 Å². The standard InChI is InChI=1S/C41H41N/c1-28(2)30-18-22-33(23-19-30)42(34-24-20-32(21-25-34)31-12-6-4-5-7-13-31)41-27-40-36-15-9-8-14-35(36)29(3)26-39(40)37-16-10-11-17-38(37)41/h8-11,14-28,31H,4-7,12-13H2,1-3H3. The van der Waals surface area contributed by atoms with E-state index < -0.39 is 0 Å². The van der Waals surface area contributed by atoms with Crippen molar-refractivity contribution in [2.75, 3.05) is 4.90 Å². The second-order valence-corrected chi connectivity index (χ2v) is 12.6. The number of hydrogen-bond acceptors (Lipinski definition) is 1. The number of anilines is 3.